The van der Waals surface area contributed by atoms with Crippen LogP contribution in [-0.2, 0) is 6.54 Å². The third-order valence-electron chi connectivity index (χ3n) is 5.85. The number of benzene rings is 3. The molecule has 1 saturated carbocycles. The lowest BCUT2D eigenvalue weighted by molar-refractivity contribution is 0.0949. The van der Waals surface area contributed by atoms with Crippen LogP contribution in [0.5, 0.6) is 5.75 Å². The molecular weight excluding hydrogens is 440 g/mol. The second kappa shape index (κ2) is 9.85. The Hall–Kier alpha value is -4.39. The van der Waals surface area contributed by atoms with Crippen LogP contribution in [0.2, 0.25) is 0 Å². The molecule has 1 aliphatic carbocycles. The van der Waals surface area contributed by atoms with E-state index < -0.39 is 0 Å². The number of anilines is 1. The van der Waals surface area contributed by atoms with Gasteiger partial charge in [0.25, 0.3) is 11.8 Å². The summed E-state index contributed by atoms with van der Waals surface area (Å²) in [6.07, 6.45) is 3.77. The lowest BCUT2D eigenvalue weighted by Gasteiger charge is -2.09. The molecule has 35 heavy (non-hydrogen) atoms. The highest BCUT2D eigenvalue weighted by molar-refractivity contribution is 6.09. The fraction of sp³-hybridized carbons (Fsp3) is 0.179. The van der Waals surface area contributed by atoms with Crippen LogP contribution < -0.4 is 15.4 Å². The molecule has 4 aromatic rings. The van der Waals surface area contributed by atoms with Gasteiger partial charge in [-0.05, 0) is 48.7 Å². The highest BCUT2D eigenvalue weighted by Crippen LogP contribution is 2.31. The van der Waals surface area contributed by atoms with Crippen LogP contribution in [0.3, 0.4) is 0 Å². The SMILES string of the molecule is COc1ccccc1-c1nn(Cc2ccccc2)cc1C(=O)Nc1cccc(C(=O)NC2CC2)c1. The van der Waals surface area contributed by atoms with Crippen LogP contribution >= 0.6 is 0 Å². The maximum Gasteiger partial charge on any atom is 0.259 e. The van der Waals surface area contributed by atoms with Gasteiger partial charge in [0.1, 0.15) is 11.4 Å². The summed E-state index contributed by atoms with van der Waals surface area (Å²) >= 11 is 0. The second-order valence-electron chi connectivity index (χ2n) is 8.56. The largest absolute Gasteiger partial charge is 0.496 e. The molecule has 2 N–H and O–H groups in total. The third kappa shape index (κ3) is 5.24. The third-order valence-corrected chi connectivity index (χ3v) is 5.85. The van der Waals surface area contributed by atoms with Gasteiger partial charge in [0.2, 0.25) is 0 Å². The molecule has 7 nitrogen and oxygen atoms in total. The summed E-state index contributed by atoms with van der Waals surface area (Å²) in [5.74, 6) is 0.184. The van der Waals surface area contributed by atoms with E-state index in [4.69, 9.17) is 9.84 Å². The van der Waals surface area contributed by atoms with E-state index in [0.29, 0.717) is 34.8 Å². The number of aromatic nitrogens is 2. The van der Waals surface area contributed by atoms with Crippen molar-refractivity contribution >= 4 is 17.5 Å². The minimum atomic E-state index is -0.315. The van der Waals surface area contributed by atoms with E-state index in [2.05, 4.69) is 10.6 Å². The maximum atomic E-state index is 13.4. The normalized spacial score (nSPS) is 12.7. The molecule has 1 heterocycles. The molecule has 0 radical (unpaired) electrons. The number of amides is 2. The Morgan fingerprint density at radius 1 is 0.971 bits per heavy atom. The molecule has 0 saturated heterocycles. The lowest BCUT2D eigenvalue weighted by atomic mass is 10.1. The number of hydrogen-bond acceptors (Lipinski definition) is 4. The van der Waals surface area contributed by atoms with E-state index in [1.807, 2.05) is 54.6 Å². The molecule has 1 fully saturated rings. The Labute approximate surface area is 203 Å². The Bertz CT molecular complexity index is 1360. The van der Waals surface area contributed by atoms with Crippen molar-refractivity contribution in [2.75, 3.05) is 12.4 Å². The van der Waals surface area contributed by atoms with Gasteiger partial charge < -0.3 is 15.4 Å². The first-order valence-electron chi connectivity index (χ1n) is 11.6. The molecule has 7 heteroatoms. The fourth-order valence-electron chi connectivity index (χ4n) is 3.91. The summed E-state index contributed by atoms with van der Waals surface area (Å²) in [4.78, 5) is 25.9. The van der Waals surface area contributed by atoms with Crippen LogP contribution in [0.1, 0.15) is 39.1 Å². The van der Waals surface area contributed by atoms with Gasteiger partial charge in [-0.3, -0.25) is 14.3 Å². The summed E-state index contributed by atoms with van der Waals surface area (Å²) in [5.41, 5.74) is 3.80. The zero-order valence-corrected chi connectivity index (χ0v) is 19.4. The van der Waals surface area contributed by atoms with Crippen LogP contribution in [0.15, 0.2) is 85.1 Å². The molecule has 5 rings (SSSR count). The zero-order chi connectivity index (χ0) is 24.2. The molecule has 1 aromatic heterocycles. The summed E-state index contributed by atoms with van der Waals surface area (Å²) in [7, 11) is 1.59. The zero-order valence-electron chi connectivity index (χ0n) is 19.4. The van der Waals surface area contributed by atoms with Gasteiger partial charge in [0.05, 0.1) is 19.2 Å². The van der Waals surface area contributed by atoms with E-state index in [9.17, 15) is 9.59 Å². The highest BCUT2D eigenvalue weighted by Gasteiger charge is 2.24. The average molecular weight is 467 g/mol. The molecule has 0 unspecified atom stereocenters. The lowest BCUT2D eigenvalue weighted by Crippen LogP contribution is -2.25. The molecule has 0 spiro atoms. The maximum absolute atomic E-state index is 13.4. The van der Waals surface area contributed by atoms with Crippen molar-refractivity contribution in [2.45, 2.75) is 25.4 Å². The van der Waals surface area contributed by atoms with Crippen molar-refractivity contribution in [1.82, 2.24) is 15.1 Å². The van der Waals surface area contributed by atoms with Crippen LogP contribution in [0.25, 0.3) is 11.3 Å². The number of para-hydroxylation sites is 1. The van der Waals surface area contributed by atoms with Crippen LogP contribution in [-0.4, -0.2) is 34.7 Å². The Balaban J connectivity index is 1.45. The van der Waals surface area contributed by atoms with Crippen LogP contribution in [0.4, 0.5) is 5.69 Å². The van der Waals surface area contributed by atoms with Gasteiger partial charge in [-0.1, -0.05) is 48.5 Å². The quantitative estimate of drug-likeness (QED) is 0.392. The molecule has 0 bridgehead atoms. The van der Waals surface area contributed by atoms with E-state index in [1.165, 1.54) is 0 Å². The standard InChI is InChI=1S/C28H26N4O3/c1-35-25-13-6-5-12-23(25)26-24(18-32(31-26)17-19-8-3-2-4-9-19)28(34)30-22-11-7-10-20(16-22)27(33)29-21-14-15-21/h2-13,16,18,21H,14-15,17H2,1H3,(H,29,33)(H,30,34). The Morgan fingerprint density at radius 2 is 1.74 bits per heavy atom. The Kier molecular flexibility index (Phi) is 6.30. The minimum absolute atomic E-state index is 0.131. The van der Waals surface area contributed by atoms with Crippen molar-refractivity contribution in [1.29, 1.82) is 0 Å². The van der Waals surface area contributed by atoms with Crippen LogP contribution in [0, 0.1) is 0 Å². The van der Waals surface area contributed by atoms with Crippen molar-refractivity contribution in [3.8, 4) is 17.0 Å². The molecule has 3 aromatic carbocycles. The summed E-state index contributed by atoms with van der Waals surface area (Å²) in [6, 6.07) is 24.6. The van der Waals surface area contributed by atoms with Gasteiger partial charge in [0, 0.05) is 29.1 Å². The van der Waals surface area contributed by atoms with Gasteiger partial charge in [-0.2, -0.15) is 5.10 Å². The molecule has 2 amide bonds. The smallest absolute Gasteiger partial charge is 0.259 e. The molecular formula is C28H26N4O3. The topological polar surface area (TPSA) is 85.2 Å². The van der Waals surface area contributed by atoms with Gasteiger partial charge >= 0.3 is 0 Å². The monoisotopic (exact) mass is 466 g/mol. The van der Waals surface area contributed by atoms with E-state index >= 15 is 0 Å². The van der Waals surface area contributed by atoms with Gasteiger partial charge in [-0.25, -0.2) is 0 Å². The van der Waals surface area contributed by atoms with E-state index in [1.54, 1.807) is 42.3 Å². The van der Waals surface area contributed by atoms with Crippen molar-refractivity contribution < 1.29 is 14.3 Å². The minimum Gasteiger partial charge on any atom is -0.496 e. The number of hydrogen-bond donors (Lipinski definition) is 2. The molecule has 0 atom stereocenters. The second-order valence-corrected chi connectivity index (χ2v) is 8.56. The summed E-state index contributed by atoms with van der Waals surface area (Å²) in [6.45, 7) is 0.521. The number of nitrogens with one attached hydrogen (secondary N) is 2. The first kappa shape index (κ1) is 22.4. The predicted octanol–water partition coefficient (Wildman–Crippen LogP) is 4.75. The van der Waals surface area contributed by atoms with Crippen molar-refractivity contribution in [2.24, 2.45) is 0 Å². The first-order chi connectivity index (χ1) is 17.1. The first-order valence-corrected chi connectivity index (χ1v) is 11.6. The summed E-state index contributed by atoms with van der Waals surface area (Å²) < 4.78 is 7.29. The fourth-order valence-corrected chi connectivity index (χ4v) is 3.91. The van der Waals surface area contributed by atoms with Gasteiger partial charge in [-0.15, -0.1) is 0 Å². The summed E-state index contributed by atoms with van der Waals surface area (Å²) in [5, 5.41) is 10.7. The average Bonchev–Trinajstić information content (AvgIpc) is 3.60. The number of rotatable bonds is 8. The number of methoxy groups -OCH3 is 1. The van der Waals surface area contributed by atoms with E-state index in [0.717, 1.165) is 24.0 Å². The predicted molar refractivity (Wildman–Crippen MR) is 135 cm³/mol. The number of carbonyl (C=O) groups is 2. The van der Waals surface area contributed by atoms with Crippen molar-refractivity contribution in [3.05, 3.63) is 102 Å². The highest BCUT2D eigenvalue weighted by atomic mass is 16.5. The number of ether oxygens (including phenoxy) is 1. The number of carbonyl (C=O) groups excluding carboxylic acids is 2. The number of nitrogens with zero attached hydrogens (tertiary/aromatic N) is 2. The Morgan fingerprint density at radius 3 is 2.51 bits per heavy atom. The van der Waals surface area contributed by atoms with Gasteiger partial charge in [0.15, 0.2) is 0 Å². The molecule has 0 aliphatic heterocycles. The molecule has 1 aliphatic rings. The van der Waals surface area contributed by atoms with Crippen molar-refractivity contribution in [3.63, 3.8) is 0 Å². The molecule has 176 valence electrons. The van der Waals surface area contributed by atoms with E-state index in [-0.39, 0.29) is 17.9 Å².